The molecule has 25 heavy (non-hydrogen) atoms. The van der Waals surface area contributed by atoms with Crippen LogP contribution in [0.25, 0.3) is 17.0 Å². The molecular weight excluding hydrogens is 332 g/mol. The van der Waals surface area contributed by atoms with E-state index in [1.54, 1.807) is 11.3 Å². The largest absolute Gasteiger partial charge is 0.358 e. The summed E-state index contributed by atoms with van der Waals surface area (Å²) in [5.74, 6) is 1.76. The molecule has 0 bridgehead atoms. The Kier molecular flexibility index (Phi) is 4.67. The van der Waals surface area contributed by atoms with Crippen LogP contribution in [0.4, 0.5) is 5.82 Å². The fraction of sp³-hybridized carbons (Fsp3) is 0.500. The minimum atomic E-state index is 0.691. The van der Waals surface area contributed by atoms with Gasteiger partial charge < -0.3 is 9.80 Å². The highest BCUT2D eigenvalue weighted by Crippen LogP contribution is 2.22. The summed E-state index contributed by atoms with van der Waals surface area (Å²) in [6, 6.07) is 6.77. The Morgan fingerprint density at radius 1 is 1.24 bits per heavy atom. The lowest BCUT2D eigenvalue weighted by atomic mass is 10.00. The molecule has 3 aromatic heterocycles. The number of thiophene rings is 1. The standard InChI is InChI=1S/C18H24N6S/c1-22-10-4-3-5-15(22)8-11-23(2)17-7-6-16-19-20-18(24(16)21-17)14-9-12-25-13-14/h6-7,9,12-13,15H,3-5,8,10-11H2,1-2H3. The molecule has 0 saturated carbocycles. The van der Waals surface area contributed by atoms with Crippen LogP contribution in [-0.2, 0) is 0 Å². The third-order valence-corrected chi connectivity index (χ3v) is 5.82. The van der Waals surface area contributed by atoms with Crippen LogP contribution in [0, 0.1) is 0 Å². The van der Waals surface area contributed by atoms with Crippen molar-refractivity contribution in [1.29, 1.82) is 0 Å². The predicted molar refractivity (Wildman–Crippen MR) is 102 cm³/mol. The zero-order valence-electron chi connectivity index (χ0n) is 14.8. The molecule has 7 heteroatoms. The maximum atomic E-state index is 4.78. The second kappa shape index (κ2) is 7.09. The van der Waals surface area contributed by atoms with Gasteiger partial charge in [-0.05, 0) is 56.4 Å². The summed E-state index contributed by atoms with van der Waals surface area (Å²) in [6.45, 7) is 2.23. The van der Waals surface area contributed by atoms with E-state index in [1.807, 2.05) is 22.0 Å². The van der Waals surface area contributed by atoms with Gasteiger partial charge in [0.1, 0.15) is 5.82 Å². The van der Waals surface area contributed by atoms with Crippen LogP contribution in [0.3, 0.4) is 0 Å². The van der Waals surface area contributed by atoms with Crippen molar-refractivity contribution >= 4 is 22.8 Å². The summed E-state index contributed by atoms with van der Waals surface area (Å²) >= 11 is 1.66. The molecule has 4 heterocycles. The van der Waals surface area contributed by atoms with E-state index in [2.05, 4.69) is 45.5 Å². The van der Waals surface area contributed by atoms with Crippen LogP contribution in [0.2, 0.25) is 0 Å². The highest BCUT2D eigenvalue weighted by molar-refractivity contribution is 7.08. The lowest BCUT2D eigenvalue weighted by Crippen LogP contribution is -2.38. The maximum absolute atomic E-state index is 4.78. The molecule has 0 aromatic carbocycles. The van der Waals surface area contributed by atoms with E-state index in [1.165, 1.54) is 32.2 Å². The van der Waals surface area contributed by atoms with Crippen molar-refractivity contribution < 1.29 is 0 Å². The van der Waals surface area contributed by atoms with E-state index in [0.29, 0.717) is 6.04 Å². The number of nitrogens with zero attached hydrogens (tertiary/aromatic N) is 6. The number of likely N-dealkylation sites (tertiary alicyclic amines) is 1. The predicted octanol–water partition coefficient (Wildman–Crippen LogP) is 3.16. The Bertz CT molecular complexity index is 827. The quantitative estimate of drug-likeness (QED) is 0.703. The van der Waals surface area contributed by atoms with Crippen molar-refractivity contribution in [3.05, 3.63) is 29.0 Å². The van der Waals surface area contributed by atoms with Crippen LogP contribution in [0.1, 0.15) is 25.7 Å². The highest BCUT2D eigenvalue weighted by atomic mass is 32.1. The van der Waals surface area contributed by atoms with Crippen LogP contribution in [-0.4, -0.2) is 57.9 Å². The molecule has 0 spiro atoms. The Balaban J connectivity index is 1.51. The van der Waals surface area contributed by atoms with Crippen LogP contribution < -0.4 is 4.90 Å². The smallest absolute Gasteiger partial charge is 0.186 e. The number of hydrogen-bond donors (Lipinski definition) is 0. The van der Waals surface area contributed by atoms with E-state index in [9.17, 15) is 0 Å². The molecule has 1 atom stereocenters. The van der Waals surface area contributed by atoms with Gasteiger partial charge in [-0.15, -0.1) is 15.3 Å². The first kappa shape index (κ1) is 16.5. The van der Waals surface area contributed by atoms with Gasteiger partial charge in [-0.25, -0.2) is 0 Å². The Hall–Kier alpha value is -1.99. The van der Waals surface area contributed by atoms with Gasteiger partial charge in [0.2, 0.25) is 0 Å². The van der Waals surface area contributed by atoms with E-state index < -0.39 is 0 Å². The molecule has 1 fully saturated rings. The molecule has 132 valence electrons. The number of piperidine rings is 1. The Morgan fingerprint density at radius 2 is 2.16 bits per heavy atom. The molecule has 3 aromatic rings. The summed E-state index contributed by atoms with van der Waals surface area (Å²) in [5, 5.41) is 17.4. The molecule has 1 aliphatic heterocycles. The Morgan fingerprint density at radius 3 is 2.96 bits per heavy atom. The molecule has 6 nitrogen and oxygen atoms in total. The second-order valence-corrected chi connectivity index (χ2v) is 7.62. The van der Waals surface area contributed by atoms with E-state index in [4.69, 9.17) is 5.10 Å². The van der Waals surface area contributed by atoms with Gasteiger partial charge >= 0.3 is 0 Å². The van der Waals surface area contributed by atoms with Crippen LogP contribution in [0.5, 0.6) is 0 Å². The van der Waals surface area contributed by atoms with Gasteiger partial charge in [0.05, 0.1) is 0 Å². The molecule has 1 unspecified atom stereocenters. The zero-order chi connectivity index (χ0) is 17.2. The molecule has 0 radical (unpaired) electrons. The van der Waals surface area contributed by atoms with Gasteiger partial charge in [0.15, 0.2) is 11.5 Å². The first-order valence-electron chi connectivity index (χ1n) is 8.89. The lowest BCUT2D eigenvalue weighted by molar-refractivity contribution is 0.178. The fourth-order valence-electron chi connectivity index (χ4n) is 3.52. The fourth-order valence-corrected chi connectivity index (χ4v) is 4.15. The van der Waals surface area contributed by atoms with Gasteiger partial charge in [-0.1, -0.05) is 6.42 Å². The average Bonchev–Trinajstić information content (AvgIpc) is 3.29. The van der Waals surface area contributed by atoms with Crippen molar-refractivity contribution in [1.82, 2.24) is 24.7 Å². The summed E-state index contributed by atoms with van der Waals surface area (Å²) in [7, 11) is 4.37. The molecule has 1 aliphatic rings. The number of anilines is 1. The first-order valence-corrected chi connectivity index (χ1v) is 9.83. The summed E-state index contributed by atoms with van der Waals surface area (Å²) in [6.07, 6.45) is 5.17. The van der Waals surface area contributed by atoms with Crippen molar-refractivity contribution in [2.24, 2.45) is 0 Å². The SMILES string of the molecule is CN(CCC1CCCCN1C)c1ccc2nnc(-c3ccsc3)n2n1. The average molecular weight is 356 g/mol. The third kappa shape index (κ3) is 3.39. The molecule has 0 amide bonds. The zero-order valence-corrected chi connectivity index (χ0v) is 15.6. The third-order valence-electron chi connectivity index (χ3n) is 5.14. The Labute approximate surface area is 152 Å². The highest BCUT2D eigenvalue weighted by Gasteiger charge is 2.19. The van der Waals surface area contributed by atoms with Gasteiger partial charge in [0.25, 0.3) is 0 Å². The van der Waals surface area contributed by atoms with Crippen molar-refractivity contribution in [3.8, 4) is 11.4 Å². The van der Waals surface area contributed by atoms with E-state index in [-0.39, 0.29) is 0 Å². The molecular formula is C18H24N6S. The molecule has 0 aliphatic carbocycles. The second-order valence-electron chi connectivity index (χ2n) is 6.84. The van der Waals surface area contributed by atoms with Crippen LogP contribution >= 0.6 is 11.3 Å². The molecule has 0 N–H and O–H groups in total. The first-order chi connectivity index (χ1) is 12.2. The number of fused-ring (bicyclic) bond motifs is 1. The van der Waals surface area contributed by atoms with Gasteiger partial charge in [-0.2, -0.15) is 15.9 Å². The minimum absolute atomic E-state index is 0.691. The summed E-state index contributed by atoms with van der Waals surface area (Å²) in [5.41, 5.74) is 1.85. The number of hydrogen-bond acceptors (Lipinski definition) is 6. The summed E-state index contributed by atoms with van der Waals surface area (Å²) in [4.78, 5) is 4.74. The van der Waals surface area contributed by atoms with Crippen molar-refractivity contribution in [3.63, 3.8) is 0 Å². The lowest BCUT2D eigenvalue weighted by Gasteiger charge is -2.33. The maximum Gasteiger partial charge on any atom is 0.186 e. The summed E-state index contributed by atoms with van der Waals surface area (Å²) < 4.78 is 1.85. The number of rotatable bonds is 5. The topological polar surface area (TPSA) is 49.6 Å². The normalized spacial score (nSPS) is 18.7. The van der Waals surface area contributed by atoms with Gasteiger partial charge in [-0.3, -0.25) is 0 Å². The van der Waals surface area contributed by atoms with Crippen LogP contribution in [0.15, 0.2) is 29.0 Å². The van der Waals surface area contributed by atoms with Crippen molar-refractivity contribution in [2.45, 2.75) is 31.7 Å². The van der Waals surface area contributed by atoms with Gasteiger partial charge in [0, 0.05) is 30.6 Å². The molecule has 4 rings (SSSR count). The molecule has 1 saturated heterocycles. The van der Waals surface area contributed by atoms with E-state index >= 15 is 0 Å². The minimum Gasteiger partial charge on any atom is -0.358 e. The number of aromatic nitrogens is 4. The monoisotopic (exact) mass is 356 g/mol. The van der Waals surface area contributed by atoms with E-state index in [0.717, 1.165) is 29.4 Å². The van der Waals surface area contributed by atoms with Crippen molar-refractivity contribution in [2.75, 3.05) is 32.1 Å².